The molecule has 0 bridgehead atoms. The highest BCUT2D eigenvalue weighted by Crippen LogP contribution is 2.22. The standard InChI is InChI=1S/C22H24N4O/c1-17-6-5-9-21(25-17)24-16-20(15-23)22(27)26-12-10-19(11-13-26)14-18-7-3-2-4-8-18/h2-9,16,19H,10-14H2,1H3,(H,24,25)/b20-16-. The Labute approximate surface area is 160 Å². The molecular formula is C22H24N4O. The van der Waals surface area contributed by atoms with E-state index in [4.69, 9.17) is 0 Å². The minimum absolute atomic E-state index is 0.111. The third-order valence-electron chi connectivity index (χ3n) is 4.87. The Hall–Kier alpha value is -3.13. The summed E-state index contributed by atoms with van der Waals surface area (Å²) in [5.41, 5.74) is 2.33. The molecule has 1 aliphatic rings. The number of carbonyl (C=O) groups is 1. The van der Waals surface area contributed by atoms with Crippen molar-refractivity contribution < 1.29 is 4.79 Å². The summed E-state index contributed by atoms with van der Waals surface area (Å²) in [5.74, 6) is 0.994. The molecule has 0 spiro atoms. The number of nitriles is 1. The van der Waals surface area contributed by atoms with Gasteiger partial charge < -0.3 is 10.2 Å². The number of pyridine rings is 1. The van der Waals surface area contributed by atoms with Gasteiger partial charge in [-0.15, -0.1) is 0 Å². The summed E-state index contributed by atoms with van der Waals surface area (Å²) in [6, 6.07) is 18.1. The minimum Gasteiger partial charge on any atom is -0.345 e. The molecule has 1 saturated heterocycles. The normalized spacial score (nSPS) is 15.3. The van der Waals surface area contributed by atoms with E-state index in [2.05, 4.69) is 34.6 Å². The first kappa shape index (κ1) is 18.7. The molecule has 5 heteroatoms. The number of nitrogens with one attached hydrogen (secondary N) is 1. The SMILES string of the molecule is Cc1cccc(N/C=C(/C#N)C(=O)N2CCC(Cc3ccccc3)CC2)n1. The molecule has 27 heavy (non-hydrogen) atoms. The van der Waals surface area contributed by atoms with Crippen molar-refractivity contribution in [3.8, 4) is 6.07 Å². The zero-order valence-electron chi connectivity index (χ0n) is 15.6. The molecule has 138 valence electrons. The molecule has 1 fully saturated rings. The van der Waals surface area contributed by atoms with Gasteiger partial charge in [0.2, 0.25) is 0 Å². The number of aromatic nitrogens is 1. The number of amides is 1. The van der Waals surface area contributed by atoms with Crippen LogP contribution in [0, 0.1) is 24.2 Å². The van der Waals surface area contributed by atoms with Gasteiger partial charge in [-0.3, -0.25) is 4.79 Å². The van der Waals surface area contributed by atoms with E-state index < -0.39 is 0 Å². The molecule has 5 nitrogen and oxygen atoms in total. The number of hydrogen-bond donors (Lipinski definition) is 1. The van der Waals surface area contributed by atoms with Gasteiger partial charge in [-0.05, 0) is 49.8 Å². The number of benzene rings is 1. The number of likely N-dealkylation sites (tertiary alicyclic amines) is 1. The number of rotatable bonds is 5. The van der Waals surface area contributed by atoms with Crippen LogP contribution in [0.5, 0.6) is 0 Å². The summed E-state index contributed by atoms with van der Waals surface area (Å²) >= 11 is 0. The van der Waals surface area contributed by atoms with Crippen LogP contribution in [0.15, 0.2) is 60.3 Å². The van der Waals surface area contributed by atoms with Crippen molar-refractivity contribution in [3.05, 3.63) is 71.6 Å². The van der Waals surface area contributed by atoms with E-state index in [1.807, 2.05) is 31.2 Å². The van der Waals surface area contributed by atoms with Gasteiger partial charge in [0.05, 0.1) is 0 Å². The highest BCUT2D eigenvalue weighted by atomic mass is 16.2. The molecule has 0 saturated carbocycles. The predicted molar refractivity (Wildman–Crippen MR) is 106 cm³/mol. The average Bonchev–Trinajstić information content (AvgIpc) is 2.70. The van der Waals surface area contributed by atoms with Gasteiger partial charge in [0.15, 0.2) is 0 Å². The Morgan fingerprint density at radius 2 is 1.96 bits per heavy atom. The van der Waals surface area contributed by atoms with Crippen LogP contribution in [-0.4, -0.2) is 28.9 Å². The average molecular weight is 360 g/mol. The lowest BCUT2D eigenvalue weighted by atomic mass is 9.90. The van der Waals surface area contributed by atoms with Gasteiger partial charge >= 0.3 is 0 Å². The highest BCUT2D eigenvalue weighted by molar-refractivity contribution is 5.97. The zero-order chi connectivity index (χ0) is 19.1. The Bertz CT molecular complexity index is 846. The van der Waals surface area contributed by atoms with Crippen molar-refractivity contribution in [2.45, 2.75) is 26.2 Å². The minimum atomic E-state index is -0.212. The number of carbonyl (C=O) groups excluding carboxylic acids is 1. The molecule has 3 rings (SSSR count). The maximum Gasteiger partial charge on any atom is 0.266 e. The molecule has 0 aliphatic carbocycles. The molecule has 1 N–H and O–H groups in total. The lowest BCUT2D eigenvalue weighted by Crippen LogP contribution is -2.39. The number of anilines is 1. The maximum absolute atomic E-state index is 12.7. The number of aryl methyl sites for hydroxylation is 1. The van der Waals surface area contributed by atoms with Gasteiger partial charge in [0.1, 0.15) is 17.5 Å². The summed E-state index contributed by atoms with van der Waals surface area (Å²) in [6.07, 6.45) is 4.43. The molecule has 1 amide bonds. The van der Waals surface area contributed by atoms with Crippen molar-refractivity contribution in [2.75, 3.05) is 18.4 Å². The summed E-state index contributed by atoms with van der Waals surface area (Å²) in [6.45, 7) is 3.28. The number of nitrogens with zero attached hydrogens (tertiary/aromatic N) is 3. The zero-order valence-corrected chi connectivity index (χ0v) is 15.6. The lowest BCUT2D eigenvalue weighted by Gasteiger charge is -2.32. The Balaban J connectivity index is 1.55. The second-order valence-corrected chi connectivity index (χ2v) is 6.90. The monoisotopic (exact) mass is 360 g/mol. The van der Waals surface area contributed by atoms with Crippen molar-refractivity contribution in [2.24, 2.45) is 5.92 Å². The van der Waals surface area contributed by atoms with Crippen LogP contribution in [-0.2, 0) is 11.2 Å². The Kier molecular flexibility index (Phi) is 6.22. The van der Waals surface area contributed by atoms with Crippen molar-refractivity contribution >= 4 is 11.7 Å². The lowest BCUT2D eigenvalue weighted by molar-refractivity contribution is -0.128. The van der Waals surface area contributed by atoms with Crippen molar-refractivity contribution in [1.29, 1.82) is 5.26 Å². The van der Waals surface area contributed by atoms with Crippen molar-refractivity contribution in [3.63, 3.8) is 0 Å². The highest BCUT2D eigenvalue weighted by Gasteiger charge is 2.25. The summed E-state index contributed by atoms with van der Waals surface area (Å²) in [5, 5.41) is 12.3. The largest absolute Gasteiger partial charge is 0.345 e. The Morgan fingerprint density at radius 3 is 2.63 bits per heavy atom. The molecule has 2 aromatic rings. The van der Waals surface area contributed by atoms with Crippen LogP contribution in [0.1, 0.15) is 24.1 Å². The summed E-state index contributed by atoms with van der Waals surface area (Å²) in [7, 11) is 0. The molecule has 0 unspecified atom stereocenters. The molecule has 0 radical (unpaired) electrons. The van der Waals surface area contributed by atoms with Crippen LogP contribution >= 0.6 is 0 Å². The van der Waals surface area contributed by atoms with Crippen LogP contribution in [0.2, 0.25) is 0 Å². The van der Waals surface area contributed by atoms with Gasteiger partial charge in [0, 0.05) is 25.0 Å². The van der Waals surface area contributed by atoms with Gasteiger partial charge in [-0.1, -0.05) is 36.4 Å². The first-order valence-corrected chi connectivity index (χ1v) is 9.29. The fourth-order valence-corrected chi connectivity index (χ4v) is 3.37. The van der Waals surface area contributed by atoms with Gasteiger partial charge in [-0.25, -0.2) is 4.98 Å². The van der Waals surface area contributed by atoms with Crippen molar-refractivity contribution in [1.82, 2.24) is 9.88 Å². The smallest absolute Gasteiger partial charge is 0.266 e. The molecular weight excluding hydrogens is 336 g/mol. The topological polar surface area (TPSA) is 69.0 Å². The van der Waals surface area contributed by atoms with Gasteiger partial charge in [0.25, 0.3) is 5.91 Å². The number of piperidine rings is 1. The third kappa shape index (κ3) is 5.18. The van der Waals surface area contributed by atoms with E-state index in [1.54, 1.807) is 11.0 Å². The first-order chi connectivity index (χ1) is 13.2. The molecule has 2 heterocycles. The van der Waals surface area contributed by atoms with E-state index in [1.165, 1.54) is 11.8 Å². The molecule has 1 aromatic carbocycles. The second kappa shape index (κ2) is 9.00. The van der Waals surface area contributed by atoms with Crippen LogP contribution in [0.4, 0.5) is 5.82 Å². The Morgan fingerprint density at radius 1 is 1.22 bits per heavy atom. The predicted octanol–water partition coefficient (Wildman–Crippen LogP) is 3.69. The fraction of sp³-hybridized carbons (Fsp3) is 0.318. The van der Waals surface area contributed by atoms with Crippen LogP contribution < -0.4 is 5.32 Å². The van der Waals surface area contributed by atoms with E-state index in [9.17, 15) is 10.1 Å². The molecule has 1 aromatic heterocycles. The van der Waals surface area contributed by atoms with E-state index in [-0.39, 0.29) is 11.5 Å². The van der Waals surface area contributed by atoms with E-state index in [0.717, 1.165) is 25.0 Å². The summed E-state index contributed by atoms with van der Waals surface area (Å²) < 4.78 is 0. The quantitative estimate of drug-likeness (QED) is 0.652. The second-order valence-electron chi connectivity index (χ2n) is 6.90. The van der Waals surface area contributed by atoms with Crippen LogP contribution in [0.25, 0.3) is 0 Å². The van der Waals surface area contributed by atoms with Crippen LogP contribution in [0.3, 0.4) is 0 Å². The number of hydrogen-bond acceptors (Lipinski definition) is 4. The van der Waals surface area contributed by atoms with E-state index in [0.29, 0.717) is 24.8 Å². The first-order valence-electron chi connectivity index (χ1n) is 9.29. The maximum atomic E-state index is 12.7. The molecule has 1 aliphatic heterocycles. The van der Waals surface area contributed by atoms with E-state index >= 15 is 0 Å². The fourth-order valence-electron chi connectivity index (χ4n) is 3.37. The summed E-state index contributed by atoms with van der Waals surface area (Å²) in [4.78, 5) is 18.7. The van der Waals surface area contributed by atoms with Gasteiger partial charge in [-0.2, -0.15) is 5.26 Å². The molecule has 0 atom stereocenters. The third-order valence-corrected chi connectivity index (χ3v) is 4.87.